The fourth-order valence-corrected chi connectivity index (χ4v) is 3.47. The molecule has 6 heteroatoms. The van der Waals surface area contributed by atoms with Gasteiger partial charge in [0, 0.05) is 18.0 Å². The Bertz CT molecular complexity index is 1070. The number of carbonyl (C=O) groups excluding carboxylic acids is 1. The van der Waals surface area contributed by atoms with E-state index in [1.165, 1.54) is 11.8 Å². The van der Waals surface area contributed by atoms with Gasteiger partial charge >= 0.3 is 0 Å². The molecule has 0 unspecified atom stereocenters. The summed E-state index contributed by atoms with van der Waals surface area (Å²) in [5.41, 5.74) is 3.57. The highest BCUT2D eigenvalue weighted by Gasteiger charge is 2.06. The molecule has 0 saturated heterocycles. The molecule has 0 spiro atoms. The van der Waals surface area contributed by atoms with Crippen LogP contribution in [0.15, 0.2) is 83.3 Å². The molecule has 1 amide bonds. The third-order valence-corrected chi connectivity index (χ3v) is 4.95. The third kappa shape index (κ3) is 3.96. The predicted molar refractivity (Wildman–Crippen MR) is 110 cm³/mol. The van der Waals surface area contributed by atoms with Gasteiger partial charge in [0.25, 0.3) is 5.91 Å². The normalized spacial score (nSPS) is 11.3. The average molecular weight is 372 g/mol. The first-order valence-corrected chi connectivity index (χ1v) is 9.42. The summed E-state index contributed by atoms with van der Waals surface area (Å²) >= 11 is 1.27. The standard InChI is InChI=1S/C21H16N4OS/c26-20(14-27-21-22-10-5-11-23-21)25-24-13-19-17-8-3-1-6-15(17)12-16-7-2-4-9-18(16)19/h1-13H,14H2,(H,25,26)/b24-13-. The molecular weight excluding hydrogens is 356 g/mol. The van der Waals surface area contributed by atoms with Gasteiger partial charge in [-0.15, -0.1) is 0 Å². The Kier molecular flexibility index (Phi) is 5.07. The summed E-state index contributed by atoms with van der Waals surface area (Å²) in [6.07, 6.45) is 5.01. The van der Waals surface area contributed by atoms with Crippen molar-refractivity contribution in [2.24, 2.45) is 5.10 Å². The maximum absolute atomic E-state index is 12.0. The Morgan fingerprint density at radius 3 is 2.26 bits per heavy atom. The molecule has 4 aromatic rings. The number of nitrogens with one attached hydrogen (secondary N) is 1. The third-order valence-electron chi connectivity index (χ3n) is 4.07. The zero-order valence-corrected chi connectivity index (χ0v) is 15.2. The number of rotatable bonds is 5. The summed E-state index contributed by atoms with van der Waals surface area (Å²) in [5, 5.41) is 9.22. The van der Waals surface area contributed by atoms with Crippen LogP contribution in [0.5, 0.6) is 0 Å². The SMILES string of the molecule is O=C(CSc1ncccn1)N/N=C\c1c2ccccc2cc2ccccc12. The molecule has 0 saturated carbocycles. The topological polar surface area (TPSA) is 67.2 Å². The molecule has 27 heavy (non-hydrogen) atoms. The summed E-state index contributed by atoms with van der Waals surface area (Å²) in [6, 6.07) is 20.2. The smallest absolute Gasteiger partial charge is 0.250 e. The van der Waals surface area contributed by atoms with E-state index in [1.54, 1.807) is 24.7 Å². The number of thioether (sulfide) groups is 1. The van der Waals surface area contributed by atoms with Crippen molar-refractivity contribution in [2.45, 2.75) is 5.16 Å². The van der Waals surface area contributed by atoms with Crippen LogP contribution in [0.2, 0.25) is 0 Å². The molecule has 0 aliphatic carbocycles. The predicted octanol–water partition coefficient (Wildman–Crippen LogP) is 4.03. The minimum Gasteiger partial charge on any atom is -0.272 e. The number of hydrazone groups is 1. The number of hydrogen-bond donors (Lipinski definition) is 1. The van der Waals surface area contributed by atoms with Crippen molar-refractivity contribution in [2.75, 3.05) is 5.75 Å². The first kappa shape index (κ1) is 17.2. The molecule has 1 aromatic heterocycles. The van der Waals surface area contributed by atoms with E-state index in [0.29, 0.717) is 5.16 Å². The molecule has 0 aliphatic rings. The lowest BCUT2D eigenvalue weighted by Gasteiger charge is -2.07. The van der Waals surface area contributed by atoms with Crippen molar-refractivity contribution >= 4 is 45.4 Å². The Morgan fingerprint density at radius 2 is 1.59 bits per heavy atom. The summed E-state index contributed by atoms with van der Waals surface area (Å²) in [6.45, 7) is 0. The van der Waals surface area contributed by atoms with Crippen LogP contribution in [0, 0.1) is 0 Å². The van der Waals surface area contributed by atoms with E-state index < -0.39 is 0 Å². The lowest BCUT2D eigenvalue weighted by atomic mass is 9.97. The Labute approximate surface area is 160 Å². The largest absolute Gasteiger partial charge is 0.272 e. The number of hydrogen-bond acceptors (Lipinski definition) is 5. The molecule has 0 aliphatic heterocycles. The monoisotopic (exact) mass is 372 g/mol. The van der Waals surface area contributed by atoms with Gasteiger partial charge < -0.3 is 0 Å². The van der Waals surface area contributed by atoms with Gasteiger partial charge in [-0.05, 0) is 33.7 Å². The van der Waals surface area contributed by atoms with E-state index in [4.69, 9.17) is 0 Å². The first-order chi connectivity index (χ1) is 13.3. The molecule has 3 aromatic carbocycles. The van der Waals surface area contributed by atoms with Gasteiger partial charge in [-0.1, -0.05) is 60.3 Å². The second-order valence-electron chi connectivity index (χ2n) is 5.85. The molecular formula is C21H16N4OS. The molecule has 4 rings (SSSR count). The van der Waals surface area contributed by atoms with Gasteiger partial charge in [-0.25, -0.2) is 15.4 Å². The second-order valence-corrected chi connectivity index (χ2v) is 6.79. The van der Waals surface area contributed by atoms with Crippen LogP contribution < -0.4 is 5.43 Å². The maximum atomic E-state index is 12.0. The number of amides is 1. The number of fused-ring (bicyclic) bond motifs is 2. The fraction of sp³-hybridized carbons (Fsp3) is 0.0476. The number of carbonyl (C=O) groups is 1. The molecule has 1 N–H and O–H groups in total. The molecule has 132 valence electrons. The minimum absolute atomic E-state index is 0.201. The highest BCUT2D eigenvalue weighted by molar-refractivity contribution is 7.99. The minimum atomic E-state index is -0.201. The van der Waals surface area contributed by atoms with Gasteiger partial charge in [0.2, 0.25) is 0 Å². The van der Waals surface area contributed by atoms with Crippen molar-refractivity contribution in [3.63, 3.8) is 0 Å². The second kappa shape index (κ2) is 7.97. The highest BCUT2D eigenvalue weighted by atomic mass is 32.2. The van der Waals surface area contributed by atoms with Crippen molar-refractivity contribution < 1.29 is 4.79 Å². The van der Waals surface area contributed by atoms with Crippen molar-refractivity contribution in [1.82, 2.24) is 15.4 Å². The number of nitrogens with zero attached hydrogens (tertiary/aromatic N) is 3. The Balaban J connectivity index is 1.54. The van der Waals surface area contributed by atoms with E-state index in [9.17, 15) is 4.79 Å². The van der Waals surface area contributed by atoms with Crippen LogP contribution in [0.1, 0.15) is 5.56 Å². The molecule has 0 fully saturated rings. The zero-order chi connectivity index (χ0) is 18.5. The lowest BCUT2D eigenvalue weighted by molar-refractivity contribution is -0.118. The Morgan fingerprint density at radius 1 is 0.963 bits per heavy atom. The van der Waals surface area contributed by atoms with Gasteiger partial charge in [-0.3, -0.25) is 4.79 Å². The van der Waals surface area contributed by atoms with Crippen LogP contribution >= 0.6 is 11.8 Å². The molecule has 0 bridgehead atoms. The van der Waals surface area contributed by atoms with Crippen molar-refractivity contribution in [1.29, 1.82) is 0 Å². The number of aromatic nitrogens is 2. The van der Waals surface area contributed by atoms with Crippen molar-refractivity contribution in [3.05, 3.63) is 78.6 Å². The fourth-order valence-electron chi connectivity index (χ4n) is 2.88. The molecule has 5 nitrogen and oxygen atoms in total. The van der Waals surface area contributed by atoms with Crippen LogP contribution in [-0.4, -0.2) is 27.8 Å². The van der Waals surface area contributed by atoms with E-state index >= 15 is 0 Å². The van der Waals surface area contributed by atoms with E-state index in [0.717, 1.165) is 27.1 Å². The van der Waals surface area contributed by atoms with Crippen LogP contribution in [0.4, 0.5) is 0 Å². The Hall–Kier alpha value is -3.25. The quantitative estimate of drug-likeness (QED) is 0.189. The molecule has 0 radical (unpaired) electrons. The van der Waals surface area contributed by atoms with Gasteiger partial charge in [-0.2, -0.15) is 5.10 Å². The number of benzene rings is 3. The first-order valence-electron chi connectivity index (χ1n) is 8.43. The zero-order valence-electron chi connectivity index (χ0n) is 14.4. The highest BCUT2D eigenvalue weighted by Crippen LogP contribution is 2.27. The average Bonchev–Trinajstić information content (AvgIpc) is 2.72. The van der Waals surface area contributed by atoms with Crippen LogP contribution in [-0.2, 0) is 4.79 Å². The van der Waals surface area contributed by atoms with Gasteiger partial charge in [0.05, 0.1) is 12.0 Å². The summed E-state index contributed by atoms with van der Waals surface area (Å²) in [7, 11) is 0. The van der Waals surface area contributed by atoms with E-state index in [1.807, 2.05) is 24.3 Å². The van der Waals surface area contributed by atoms with Crippen molar-refractivity contribution in [3.8, 4) is 0 Å². The molecule has 1 heterocycles. The lowest BCUT2D eigenvalue weighted by Crippen LogP contribution is -2.19. The summed E-state index contributed by atoms with van der Waals surface area (Å²) in [4.78, 5) is 20.2. The summed E-state index contributed by atoms with van der Waals surface area (Å²) in [5.74, 6) is 0.00529. The van der Waals surface area contributed by atoms with E-state index in [-0.39, 0.29) is 11.7 Å². The van der Waals surface area contributed by atoms with Crippen LogP contribution in [0.25, 0.3) is 21.5 Å². The maximum Gasteiger partial charge on any atom is 0.250 e. The van der Waals surface area contributed by atoms with Gasteiger partial charge in [0.15, 0.2) is 5.16 Å². The molecule has 0 atom stereocenters. The van der Waals surface area contributed by atoms with E-state index in [2.05, 4.69) is 50.8 Å². The van der Waals surface area contributed by atoms with Gasteiger partial charge in [0.1, 0.15) is 0 Å². The summed E-state index contributed by atoms with van der Waals surface area (Å²) < 4.78 is 0. The van der Waals surface area contributed by atoms with Crippen LogP contribution in [0.3, 0.4) is 0 Å².